The summed E-state index contributed by atoms with van der Waals surface area (Å²) in [5.74, 6) is 0.0362. The van der Waals surface area contributed by atoms with Crippen LogP contribution in [0.2, 0.25) is 0 Å². The van der Waals surface area contributed by atoms with Crippen LogP contribution in [-0.2, 0) is 24.8 Å². The van der Waals surface area contributed by atoms with Crippen LogP contribution in [0.15, 0.2) is 33.5 Å². The number of hydrogen-bond acceptors (Lipinski definition) is 9. The van der Waals surface area contributed by atoms with Crippen molar-refractivity contribution in [2.75, 3.05) is 31.6 Å². The average Bonchev–Trinajstić information content (AvgIpc) is 3.38. The highest BCUT2D eigenvalue weighted by Crippen LogP contribution is 2.23. The summed E-state index contributed by atoms with van der Waals surface area (Å²) in [6.45, 7) is 2.32. The Morgan fingerprint density at radius 3 is 2.43 bits per heavy atom. The minimum atomic E-state index is -3.89. The number of sulfonamides is 2. The fraction of sp³-hybridized carbons (Fsp3) is 0.438. The first-order valence-electron chi connectivity index (χ1n) is 9.02. The van der Waals surface area contributed by atoms with Gasteiger partial charge in [-0.15, -0.1) is 10.2 Å². The minimum absolute atomic E-state index is 0.0226. The molecule has 30 heavy (non-hydrogen) atoms. The van der Waals surface area contributed by atoms with Crippen LogP contribution in [0.4, 0.5) is 5.13 Å². The van der Waals surface area contributed by atoms with Crippen molar-refractivity contribution in [1.82, 2.24) is 19.2 Å². The second kappa shape index (κ2) is 9.34. The third kappa shape index (κ3) is 5.51. The molecule has 1 amide bonds. The first kappa shape index (κ1) is 22.6. The van der Waals surface area contributed by atoms with Gasteiger partial charge in [0.2, 0.25) is 25.4 Å². The highest BCUT2D eigenvalue weighted by atomic mass is 32.2. The quantitative estimate of drug-likeness (QED) is 0.397. The van der Waals surface area contributed by atoms with E-state index < -0.39 is 20.0 Å². The third-order valence-corrected chi connectivity index (χ3v) is 8.69. The van der Waals surface area contributed by atoms with E-state index in [1.165, 1.54) is 35.5 Å². The molecule has 1 aliphatic rings. The van der Waals surface area contributed by atoms with Crippen LogP contribution >= 0.6 is 11.3 Å². The van der Waals surface area contributed by atoms with Gasteiger partial charge in [0.15, 0.2) is 0 Å². The summed E-state index contributed by atoms with van der Waals surface area (Å²) in [5, 5.41) is 9.58. The van der Waals surface area contributed by atoms with Crippen molar-refractivity contribution in [2.45, 2.75) is 29.0 Å². The van der Waals surface area contributed by atoms with Crippen molar-refractivity contribution in [3.8, 4) is 5.75 Å². The van der Waals surface area contributed by atoms with Crippen molar-refractivity contribution >= 4 is 42.4 Å². The number of nitrogens with one attached hydrogen (secondary N) is 2. The number of hydrogen-bond donors (Lipinski definition) is 2. The van der Waals surface area contributed by atoms with Gasteiger partial charge in [-0.1, -0.05) is 11.3 Å². The summed E-state index contributed by atoms with van der Waals surface area (Å²) >= 11 is 0.730. The zero-order chi connectivity index (χ0) is 21.8. The van der Waals surface area contributed by atoms with Gasteiger partial charge in [-0.25, -0.2) is 21.6 Å². The van der Waals surface area contributed by atoms with Gasteiger partial charge in [-0.2, -0.15) is 4.31 Å². The van der Waals surface area contributed by atoms with Gasteiger partial charge in [-0.05, 0) is 37.1 Å². The van der Waals surface area contributed by atoms with Crippen molar-refractivity contribution < 1.29 is 26.4 Å². The van der Waals surface area contributed by atoms with Crippen molar-refractivity contribution in [3.05, 3.63) is 24.3 Å². The van der Waals surface area contributed by atoms with Gasteiger partial charge < -0.3 is 10.1 Å². The minimum Gasteiger partial charge on any atom is -0.492 e. The number of nitrogens with zero attached hydrogens (tertiary/aromatic N) is 3. The Morgan fingerprint density at radius 1 is 1.13 bits per heavy atom. The molecule has 11 nitrogen and oxygen atoms in total. The van der Waals surface area contributed by atoms with E-state index in [4.69, 9.17) is 4.74 Å². The number of carbonyl (C=O) groups is 1. The van der Waals surface area contributed by atoms with Crippen LogP contribution in [0.5, 0.6) is 5.75 Å². The average molecular weight is 476 g/mol. The molecule has 164 valence electrons. The molecule has 2 heterocycles. The van der Waals surface area contributed by atoms with Crippen LogP contribution in [0.3, 0.4) is 0 Å². The summed E-state index contributed by atoms with van der Waals surface area (Å²) in [4.78, 5) is 11.2. The maximum absolute atomic E-state index is 12.5. The Labute approximate surface area is 178 Å². The molecule has 0 unspecified atom stereocenters. The highest BCUT2D eigenvalue weighted by molar-refractivity contribution is 7.91. The molecule has 14 heteroatoms. The lowest BCUT2D eigenvalue weighted by atomic mass is 10.3. The summed E-state index contributed by atoms with van der Waals surface area (Å²) in [7, 11) is -7.37. The molecule has 2 aromatic rings. The van der Waals surface area contributed by atoms with Gasteiger partial charge in [0.05, 0.1) is 4.90 Å². The highest BCUT2D eigenvalue weighted by Gasteiger charge is 2.27. The van der Waals surface area contributed by atoms with Crippen LogP contribution in [0.1, 0.15) is 19.8 Å². The van der Waals surface area contributed by atoms with E-state index in [9.17, 15) is 21.6 Å². The standard InChI is InChI=1S/C16H21N5O6S3/c1-12(22)18-15-19-20-16(28-15)29(23,24)17-8-11-27-13-4-6-14(7-5-13)30(25,26)21-9-2-3-10-21/h4-7,17H,2-3,8-11H2,1H3,(H,18,19,22). The van der Waals surface area contributed by atoms with E-state index in [1.807, 2.05) is 0 Å². The Bertz CT molecular complexity index is 1090. The molecule has 0 spiro atoms. The smallest absolute Gasteiger partial charge is 0.269 e. The molecule has 0 bridgehead atoms. The second-order valence-electron chi connectivity index (χ2n) is 6.38. The molecule has 3 rings (SSSR count). The molecule has 1 aromatic heterocycles. The van der Waals surface area contributed by atoms with E-state index in [0.29, 0.717) is 18.8 Å². The number of carbonyl (C=O) groups excluding carboxylic acids is 1. The summed E-state index contributed by atoms with van der Waals surface area (Å²) in [6.07, 6.45) is 1.73. The summed E-state index contributed by atoms with van der Waals surface area (Å²) < 4.78 is 58.3. The molecular weight excluding hydrogens is 454 g/mol. The van der Waals surface area contributed by atoms with E-state index >= 15 is 0 Å². The summed E-state index contributed by atoms with van der Waals surface area (Å²) in [6, 6.07) is 6.00. The van der Waals surface area contributed by atoms with Crippen LogP contribution in [0.25, 0.3) is 0 Å². The maximum atomic E-state index is 12.5. The Kier molecular flexibility index (Phi) is 7.02. The molecule has 0 aliphatic carbocycles. The lowest BCUT2D eigenvalue weighted by Crippen LogP contribution is -2.28. The zero-order valence-electron chi connectivity index (χ0n) is 16.1. The van der Waals surface area contributed by atoms with Gasteiger partial charge in [0, 0.05) is 26.6 Å². The van der Waals surface area contributed by atoms with Crippen LogP contribution < -0.4 is 14.8 Å². The number of rotatable bonds is 9. The number of ether oxygens (including phenoxy) is 1. The molecule has 1 saturated heterocycles. The van der Waals surface area contributed by atoms with Gasteiger partial charge in [0.25, 0.3) is 10.0 Å². The predicted octanol–water partition coefficient (Wildman–Crippen LogP) is 0.638. The van der Waals surface area contributed by atoms with Crippen molar-refractivity contribution in [3.63, 3.8) is 0 Å². The number of amides is 1. The van der Waals surface area contributed by atoms with E-state index in [-0.39, 0.29) is 33.4 Å². The number of anilines is 1. The SMILES string of the molecule is CC(=O)Nc1nnc(S(=O)(=O)NCCOc2ccc(S(=O)(=O)N3CCCC3)cc2)s1. The van der Waals surface area contributed by atoms with Crippen molar-refractivity contribution in [2.24, 2.45) is 0 Å². The zero-order valence-corrected chi connectivity index (χ0v) is 18.5. The molecule has 1 aliphatic heterocycles. The lowest BCUT2D eigenvalue weighted by Gasteiger charge is -2.15. The maximum Gasteiger partial charge on any atom is 0.269 e. The second-order valence-corrected chi connectivity index (χ2v) is 11.2. The third-order valence-electron chi connectivity index (χ3n) is 4.11. The lowest BCUT2D eigenvalue weighted by molar-refractivity contribution is -0.114. The van der Waals surface area contributed by atoms with Crippen LogP contribution in [-0.4, -0.2) is 63.5 Å². The largest absolute Gasteiger partial charge is 0.492 e. The molecule has 1 aromatic carbocycles. The Hall–Kier alpha value is -2.13. The Balaban J connectivity index is 1.50. The first-order valence-corrected chi connectivity index (χ1v) is 12.8. The molecule has 1 fully saturated rings. The normalized spacial score (nSPS) is 15.2. The fourth-order valence-corrected chi connectivity index (χ4v) is 6.23. The van der Waals surface area contributed by atoms with Crippen molar-refractivity contribution in [1.29, 1.82) is 0 Å². The first-order chi connectivity index (χ1) is 14.2. The topological polar surface area (TPSA) is 148 Å². The number of benzene rings is 1. The van der Waals surface area contributed by atoms with Gasteiger partial charge in [0.1, 0.15) is 12.4 Å². The van der Waals surface area contributed by atoms with E-state index in [1.54, 1.807) is 0 Å². The van der Waals surface area contributed by atoms with Crippen LogP contribution in [0, 0.1) is 0 Å². The van der Waals surface area contributed by atoms with Gasteiger partial charge in [-0.3, -0.25) is 4.79 Å². The molecule has 2 N–H and O–H groups in total. The fourth-order valence-electron chi connectivity index (χ4n) is 2.71. The molecular formula is C16H21N5O6S3. The van der Waals surface area contributed by atoms with E-state index in [2.05, 4.69) is 20.2 Å². The predicted molar refractivity (Wildman–Crippen MR) is 109 cm³/mol. The summed E-state index contributed by atoms with van der Waals surface area (Å²) in [5.41, 5.74) is 0. The number of aromatic nitrogens is 2. The Morgan fingerprint density at radius 2 is 1.80 bits per heavy atom. The monoisotopic (exact) mass is 475 g/mol. The molecule has 0 atom stereocenters. The van der Waals surface area contributed by atoms with E-state index in [0.717, 1.165) is 24.2 Å². The molecule has 0 radical (unpaired) electrons. The molecule has 0 saturated carbocycles. The van der Waals surface area contributed by atoms with Gasteiger partial charge >= 0.3 is 0 Å².